The third-order valence-corrected chi connectivity index (χ3v) is 8.47. The van der Waals surface area contributed by atoms with Crippen LogP contribution in [0, 0.1) is 0 Å². The van der Waals surface area contributed by atoms with Crippen LogP contribution < -0.4 is 10.3 Å². The van der Waals surface area contributed by atoms with Gasteiger partial charge in [-0.25, -0.2) is 18.1 Å². The number of aromatic amines is 1. The standard InChI is InChI=1S/C23H20ClF3N6O4S/c24-17-5-1-2-6-18(17)38(35,36)32-11-3-4-15(13-32)20-28-21-19(22(34)29-20)30-31-33(21)12-14-7-9-16(10-8-14)37-23(25,26)27/h1-2,5-10,15H,3-4,11-13H2,(H,28,29,34)/t15-/m0/s1. The molecule has 1 aliphatic heterocycles. The molecule has 1 aliphatic rings. The van der Waals surface area contributed by atoms with Crippen LogP contribution in [0.15, 0.2) is 58.2 Å². The summed E-state index contributed by atoms with van der Waals surface area (Å²) in [6.45, 7) is 0.463. The molecule has 2 aromatic carbocycles. The number of hydrogen-bond acceptors (Lipinski definition) is 7. The van der Waals surface area contributed by atoms with Gasteiger partial charge < -0.3 is 9.72 Å². The highest BCUT2D eigenvalue weighted by atomic mass is 35.5. The monoisotopic (exact) mass is 568 g/mol. The van der Waals surface area contributed by atoms with E-state index in [2.05, 4.69) is 25.0 Å². The number of rotatable bonds is 6. The summed E-state index contributed by atoms with van der Waals surface area (Å²) in [5, 5.41) is 7.98. The van der Waals surface area contributed by atoms with Crippen molar-refractivity contribution in [2.24, 2.45) is 0 Å². The van der Waals surface area contributed by atoms with Gasteiger partial charge >= 0.3 is 6.36 Å². The average Bonchev–Trinajstić information content (AvgIpc) is 3.28. The first-order valence-electron chi connectivity index (χ1n) is 11.4. The Kier molecular flexibility index (Phi) is 6.88. The number of ether oxygens (including phenoxy) is 1. The molecule has 15 heteroatoms. The molecule has 1 saturated heterocycles. The molecule has 0 amide bonds. The summed E-state index contributed by atoms with van der Waals surface area (Å²) in [5.41, 5.74) is 0.202. The average molecular weight is 569 g/mol. The first-order chi connectivity index (χ1) is 18.0. The second kappa shape index (κ2) is 10.0. The molecular weight excluding hydrogens is 549 g/mol. The third-order valence-electron chi connectivity index (χ3n) is 6.11. The topological polar surface area (TPSA) is 123 Å². The Labute approximate surface area is 219 Å². The Morgan fingerprint density at radius 3 is 2.58 bits per heavy atom. The van der Waals surface area contributed by atoms with E-state index in [-0.39, 0.29) is 39.9 Å². The highest BCUT2D eigenvalue weighted by Crippen LogP contribution is 2.31. The van der Waals surface area contributed by atoms with E-state index < -0.39 is 27.9 Å². The Balaban J connectivity index is 1.40. The Hall–Kier alpha value is -3.49. The lowest BCUT2D eigenvalue weighted by atomic mass is 9.99. The Morgan fingerprint density at radius 2 is 1.87 bits per heavy atom. The van der Waals surface area contributed by atoms with Crippen LogP contribution in [0.25, 0.3) is 11.2 Å². The van der Waals surface area contributed by atoms with E-state index in [1.807, 2.05) is 0 Å². The zero-order valence-corrected chi connectivity index (χ0v) is 21.1. The minimum absolute atomic E-state index is 0.00755. The summed E-state index contributed by atoms with van der Waals surface area (Å²) in [5.74, 6) is -0.477. The van der Waals surface area contributed by atoms with Gasteiger partial charge in [0.1, 0.15) is 16.5 Å². The minimum Gasteiger partial charge on any atom is -0.406 e. The van der Waals surface area contributed by atoms with Gasteiger partial charge in [-0.15, -0.1) is 18.3 Å². The Bertz CT molecular complexity index is 1640. The second-order valence-corrected chi connectivity index (χ2v) is 11.0. The molecule has 2 aromatic heterocycles. The molecule has 0 saturated carbocycles. The number of fused-ring (bicyclic) bond motifs is 1. The summed E-state index contributed by atoms with van der Waals surface area (Å²) < 4.78 is 70.3. The molecule has 0 radical (unpaired) electrons. The first kappa shape index (κ1) is 26.1. The van der Waals surface area contributed by atoms with Crippen molar-refractivity contribution in [2.45, 2.75) is 36.6 Å². The lowest BCUT2D eigenvalue weighted by molar-refractivity contribution is -0.274. The highest BCUT2D eigenvalue weighted by Gasteiger charge is 2.34. The number of hydrogen-bond donors (Lipinski definition) is 1. The van der Waals surface area contributed by atoms with Gasteiger partial charge in [0.05, 0.1) is 11.6 Å². The van der Waals surface area contributed by atoms with Gasteiger partial charge in [0, 0.05) is 19.0 Å². The molecule has 1 fully saturated rings. The van der Waals surface area contributed by atoms with Crippen LogP contribution in [0.4, 0.5) is 13.2 Å². The number of nitrogens with one attached hydrogen (secondary N) is 1. The minimum atomic E-state index is -4.80. The van der Waals surface area contributed by atoms with E-state index in [0.717, 1.165) is 0 Å². The van der Waals surface area contributed by atoms with Crippen LogP contribution >= 0.6 is 11.6 Å². The Morgan fingerprint density at radius 1 is 1.13 bits per heavy atom. The maximum Gasteiger partial charge on any atom is 0.573 e. The van der Waals surface area contributed by atoms with Crippen molar-refractivity contribution in [2.75, 3.05) is 13.1 Å². The van der Waals surface area contributed by atoms with Gasteiger partial charge in [0.15, 0.2) is 11.2 Å². The lowest BCUT2D eigenvalue weighted by Gasteiger charge is -2.31. The maximum absolute atomic E-state index is 13.2. The van der Waals surface area contributed by atoms with Crippen LogP contribution in [0.5, 0.6) is 5.75 Å². The normalized spacial score (nSPS) is 17.1. The molecule has 0 bridgehead atoms. The predicted molar refractivity (Wildman–Crippen MR) is 130 cm³/mol. The van der Waals surface area contributed by atoms with Crippen LogP contribution in [0.3, 0.4) is 0 Å². The van der Waals surface area contributed by atoms with Gasteiger partial charge in [0.2, 0.25) is 10.0 Å². The van der Waals surface area contributed by atoms with Crippen molar-refractivity contribution >= 4 is 32.8 Å². The van der Waals surface area contributed by atoms with Crippen molar-refractivity contribution in [1.29, 1.82) is 0 Å². The van der Waals surface area contributed by atoms with Gasteiger partial charge in [-0.2, -0.15) is 4.31 Å². The quantitative estimate of drug-likeness (QED) is 0.376. The summed E-state index contributed by atoms with van der Waals surface area (Å²) in [6.07, 6.45) is -3.67. The lowest BCUT2D eigenvalue weighted by Crippen LogP contribution is -2.40. The number of alkyl halides is 3. The highest BCUT2D eigenvalue weighted by molar-refractivity contribution is 7.89. The fraction of sp³-hybridized carbons (Fsp3) is 0.304. The summed E-state index contributed by atoms with van der Waals surface area (Å²) in [6, 6.07) is 11.4. The van der Waals surface area contributed by atoms with Crippen molar-refractivity contribution in [1.82, 2.24) is 29.3 Å². The van der Waals surface area contributed by atoms with Gasteiger partial charge in [-0.3, -0.25) is 4.79 Å². The molecule has 0 unspecified atom stereocenters. The third kappa shape index (κ3) is 5.37. The zero-order valence-electron chi connectivity index (χ0n) is 19.5. The number of aromatic nitrogens is 5. The second-order valence-electron chi connectivity index (χ2n) is 8.69. The molecule has 38 heavy (non-hydrogen) atoms. The number of piperidine rings is 1. The summed E-state index contributed by atoms with van der Waals surface area (Å²) in [7, 11) is -3.87. The predicted octanol–water partition coefficient (Wildman–Crippen LogP) is 3.68. The molecule has 5 rings (SSSR count). The fourth-order valence-corrected chi connectivity index (χ4v) is 6.35. The number of halogens is 4. The summed E-state index contributed by atoms with van der Waals surface area (Å²) >= 11 is 6.14. The van der Waals surface area contributed by atoms with Crippen molar-refractivity contribution in [3.05, 3.63) is 75.3 Å². The van der Waals surface area contributed by atoms with E-state index in [1.54, 1.807) is 12.1 Å². The van der Waals surface area contributed by atoms with E-state index >= 15 is 0 Å². The van der Waals surface area contributed by atoms with Crippen LogP contribution in [0.1, 0.15) is 30.1 Å². The number of sulfonamides is 1. The molecule has 1 N–H and O–H groups in total. The van der Waals surface area contributed by atoms with E-state index in [9.17, 15) is 26.4 Å². The van der Waals surface area contributed by atoms with Crippen LogP contribution in [-0.2, 0) is 16.6 Å². The molecule has 4 aromatic rings. The molecule has 3 heterocycles. The van der Waals surface area contributed by atoms with Gasteiger partial charge in [-0.05, 0) is 42.7 Å². The molecule has 0 aliphatic carbocycles. The van der Waals surface area contributed by atoms with Crippen molar-refractivity contribution in [3.8, 4) is 5.75 Å². The molecule has 1 atom stereocenters. The van der Waals surface area contributed by atoms with Crippen molar-refractivity contribution in [3.63, 3.8) is 0 Å². The van der Waals surface area contributed by atoms with E-state index in [4.69, 9.17) is 11.6 Å². The zero-order chi connectivity index (χ0) is 27.1. The van der Waals surface area contributed by atoms with Gasteiger partial charge in [-0.1, -0.05) is 41.1 Å². The summed E-state index contributed by atoms with van der Waals surface area (Å²) in [4.78, 5) is 20.0. The number of nitrogens with zero attached hydrogens (tertiary/aromatic N) is 5. The smallest absolute Gasteiger partial charge is 0.406 e. The van der Waals surface area contributed by atoms with E-state index in [1.165, 1.54) is 45.4 Å². The van der Waals surface area contributed by atoms with Crippen LogP contribution in [-0.4, -0.2) is 57.1 Å². The first-order valence-corrected chi connectivity index (χ1v) is 13.3. The van der Waals surface area contributed by atoms with Crippen molar-refractivity contribution < 1.29 is 26.3 Å². The van der Waals surface area contributed by atoms with Gasteiger partial charge in [0.25, 0.3) is 5.56 Å². The van der Waals surface area contributed by atoms with E-state index in [0.29, 0.717) is 30.8 Å². The fourth-order valence-electron chi connectivity index (χ4n) is 4.33. The maximum atomic E-state index is 13.2. The number of H-pyrrole nitrogens is 1. The molecule has 10 nitrogen and oxygen atoms in total. The molecule has 0 spiro atoms. The van der Waals surface area contributed by atoms with Crippen LogP contribution in [0.2, 0.25) is 5.02 Å². The largest absolute Gasteiger partial charge is 0.573 e. The SMILES string of the molecule is O=c1[nH]c([C@H]2CCCN(S(=O)(=O)c3ccccc3Cl)C2)nc2c1nnn2Cc1ccc(OC(F)(F)F)cc1. The number of benzene rings is 2. The molecular formula is C23H20ClF3N6O4S. The molecule has 200 valence electrons.